The van der Waals surface area contributed by atoms with Crippen LogP contribution in [0, 0.1) is 0 Å². The van der Waals surface area contributed by atoms with E-state index in [2.05, 4.69) is 17.6 Å². The molecule has 1 rings (SSSR count). The normalized spacial score (nSPS) is 13.8. The molecule has 0 aliphatic rings. The minimum Gasteiger partial charge on any atom is -0.395 e. The number of carbonyl (C=O) groups excluding carboxylic acids is 1. The van der Waals surface area contributed by atoms with Crippen LogP contribution in [0.1, 0.15) is 32.3 Å². The number of amides is 1. The van der Waals surface area contributed by atoms with E-state index in [4.69, 9.17) is 0 Å². The number of hydrogen-bond donors (Lipinski definition) is 3. The van der Waals surface area contributed by atoms with Crippen LogP contribution in [0.5, 0.6) is 0 Å². The van der Waals surface area contributed by atoms with Crippen molar-refractivity contribution in [2.45, 2.75) is 45.2 Å². The maximum Gasteiger partial charge on any atom is 0.234 e. The van der Waals surface area contributed by atoms with Gasteiger partial charge in [-0.25, -0.2) is 0 Å². The van der Waals surface area contributed by atoms with Gasteiger partial charge in [-0.2, -0.15) is 0 Å². The molecule has 112 valence electrons. The molecule has 1 aromatic carbocycles. The molecule has 0 heterocycles. The van der Waals surface area contributed by atoms with Crippen LogP contribution in [0.4, 0.5) is 0 Å². The van der Waals surface area contributed by atoms with Crippen LogP contribution in [0.25, 0.3) is 0 Å². The number of hydrogen-bond acceptors (Lipinski definition) is 3. The zero-order valence-electron chi connectivity index (χ0n) is 12.4. The Balaban J connectivity index is 2.32. The van der Waals surface area contributed by atoms with Crippen molar-refractivity contribution in [2.75, 3.05) is 13.2 Å². The molecule has 0 aromatic heterocycles. The van der Waals surface area contributed by atoms with Gasteiger partial charge in [0.2, 0.25) is 5.91 Å². The molecule has 4 heteroatoms. The van der Waals surface area contributed by atoms with E-state index < -0.39 is 0 Å². The van der Waals surface area contributed by atoms with Gasteiger partial charge in [0.25, 0.3) is 0 Å². The second-order valence-electron chi connectivity index (χ2n) is 5.21. The van der Waals surface area contributed by atoms with E-state index in [9.17, 15) is 9.90 Å². The molecule has 3 N–H and O–H groups in total. The van der Waals surface area contributed by atoms with Crippen LogP contribution < -0.4 is 10.6 Å². The summed E-state index contributed by atoms with van der Waals surface area (Å²) in [4.78, 5) is 11.7. The molecule has 0 aliphatic carbocycles. The second-order valence-corrected chi connectivity index (χ2v) is 5.21. The zero-order chi connectivity index (χ0) is 14.8. The SMILES string of the molecule is CCCC(C)NC(=O)CNC(CO)Cc1ccccc1. The lowest BCUT2D eigenvalue weighted by atomic mass is 10.1. The lowest BCUT2D eigenvalue weighted by Gasteiger charge is -2.18. The molecule has 20 heavy (non-hydrogen) atoms. The van der Waals surface area contributed by atoms with Crippen molar-refractivity contribution >= 4 is 5.91 Å². The highest BCUT2D eigenvalue weighted by molar-refractivity contribution is 5.78. The minimum absolute atomic E-state index is 0.0162. The largest absolute Gasteiger partial charge is 0.395 e. The highest BCUT2D eigenvalue weighted by Crippen LogP contribution is 2.02. The predicted octanol–water partition coefficient (Wildman–Crippen LogP) is 1.48. The third kappa shape index (κ3) is 6.68. The second kappa shape index (κ2) is 9.50. The van der Waals surface area contributed by atoms with Gasteiger partial charge >= 0.3 is 0 Å². The molecule has 1 amide bonds. The van der Waals surface area contributed by atoms with E-state index in [1.165, 1.54) is 0 Å². The maximum absolute atomic E-state index is 11.7. The van der Waals surface area contributed by atoms with Gasteiger partial charge in [0.1, 0.15) is 0 Å². The Morgan fingerprint density at radius 2 is 2.00 bits per heavy atom. The summed E-state index contributed by atoms with van der Waals surface area (Å²) in [6.45, 7) is 4.37. The molecular weight excluding hydrogens is 252 g/mol. The Morgan fingerprint density at radius 3 is 2.60 bits per heavy atom. The number of aliphatic hydroxyl groups excluding tert-OH is 1. The first kappa shape index (κ1) is 16.7. The van der Waals surface area contributed by atoms with E-state index in [0.29, 0.717) is 0 Å². The Hall–Kier alpha value is -1.39. The molecule has 0 saturated heterocycles. The average molecular weight is 278 g/mol. The van der Waals surface area contributed by atoms with Crippen molar-refractivity contribution in [1.82, 2.24) is 10.6 Å². The highest BCUT2D eigenvalue weighted by Gasteiger charge is 2.11. The van der Waals surface area contributed by atoms with Gasteiger partial charge in [-0.05, 0) is 25.3 Å². The number of carbonyl (C=O) groups is 1. The predicted molar refractivity (Wildman–Crippen MR) is 81.5 cm³/mol. The third-order valence-corrected chi connectivity index (χ3v) is 3.23. The van der Waals surface area contributed by atoms with Crippen molar-refractivity contribution in [2.24, 2.45) is 0 Å². The summed E-state index contributed by atoms with van der Waals surface area (Å²) in [5.41, 5.74) is 1.15. The van der Waals surface area contributed by atoms with Crippen LogP contribution in [0.2, 0.25) is 0 Å². The minimum atomic E-state index is -0.0929. The monoisotopic (exact) mass is 278 g/mol. The lowest BCUT2D eigenvalue weighted by Crippen LogP contribution is -2.44. The zero-order valence-corrected chi connectivity index (χ0v) is 12.4. The molecule has 1 aromatic rings. The van der Waals surface area contributed by atoms with Crippen LogP contribution >= 0.6 is 0 Å². The van der Waals surface area contributed by atoms with Crippen LogP contribution in [-0.2, 0) is 11.2 Å². The molecule has 0 spiro atoms. The molecule has 0 bridgehead atoms. The first-order valence-electron chi connectivity index (χ1n) is 7.33. The smallest absolute Gasteiger partial charge is 0.234 e. The maximum atomic E-state index is 11.7. The van der Waals surface area contributed by atoms with Crippen molar-refractivity contribution in [1.29, 1.82) is 0 Å². The van der Waals surface area contributed by atoms with Gasteiger partial charge in [-0.1, -0.05) is 43.7 Å². The average Bonchev–Trinajstić information content (AvgIpc) is 2.44. The van der Waals surface area contributed by atoms with E-state index in [1.807, 2.05) is 37.3 Å². The lowest BCUT2D eigenvalue weighted by molar-refractivity contribution is -0.121. The first-order valence-corrected chi connectivity index (χ1v) is 7.33. The van der Waals surface area contributed by atoms with Crippen molar-refractivity contribution < 1.29 is 9.90 Å². The van der Waals surface area contributed by atoms with Crippen LogP contribution in [0.3, 0.4) is 0 Å². The summed E-state index contributed by atoms with van der Waals surface area (Å²) in [6.07, 6.45) is 2.76. The van der Waals surface area contributed by atoms with E-state index in [0.717, 1.165) is 24.8 Å². The molecule has 4 nitrogen and oxygen atoms in total. The number of benzene rings is 1. The summed E-state index contributed by atoms with van der Waals surface area (Å²) in [7, 11) is 0. The standard InChI is InChI=1S/C16H26N2O2/c1-3-7-13(2)18-16(20)11-17-15(12-19)10-14-8-5-4-6-9-14/h4-6,8-9,13,15,17,19H,3,7,10-12H2,1-2H3,(H,18,20). The van der Waals surface area contributed by atoms with Gasteiger partial charge < -0.3 is 15.7 Å². The number of rotatable bonds is 9. The fourth-order valence-electron chi connectivity index (χ4n) is 2.17. The Morgan fingerprint density at radius 1 is 1.30 bits per heavy atom. The molecule has 2 unspecified atom stereocenters. The molecular formula is C16H26N2O2. The molecule has 2 atom stereocenters. The number of aliphatic hydroxyl groups is 1. The van der Waals surface area contributed by atoms with Gasteiger partial charge in [-0.15, -0.1) is 0 Å². The van der Waals surface area contributed by atoms with E-state index in [-0.39, 0.29) is 31.1 Å². The van der Waals surface area contributed by atoms with Gasteiger partial charge in [-0.3, -0.25) is 4.79 Å². The third-order valence-electron chi connectivity index (χ3n) is 3.23. The summed E-state index contributed by atoms with van der Waals surface area (Å²) in [5, 5.41) is 15.4. The van der Waals surface area contributed by atoms with Gasteiger partial charge in [0, 0.05) is 12.1 Å². The van der Waals surface area contributed by atoms with Crippen molar-refractivity contribution in [3.63, 3.8) is 0 Å². The van der Waals surface area contributed by atoms with Crippen LogP contribution in [-0.4, -0.2) is 36.2 Å². The van der Waals surface area contributed by atoms with Gasteiger partial charge in [0.05, 0.1) is 13.2 Å². The molecule has 0 fully saturated rings. The fourth-order valence-corrected chi connectivity index (χ4v) is 2.17. The molecule has 0 saturated carbocycles. The van der Waals surface area contributed by atoms with Crippen LogP contribution in [0.15, 0.2) is 30.3 Å². The fraction of sp³-hybridized carbons (Fsp3) is 0.562. The summed E-state index contributed by atoms with van der Waals surface area (Å²) < 4.78 is 0. The van der Waals surface area contributed by atoms with Crippen molar-refractivity contribution in [3.8, 4) is 0 Å². The van der Waals surface area contributed by atoms with Crippen molar-refractivity contribution in [3.05, 3.63) is 35.9 Å². The summed E-state index contributed by atoms with van der Waals surface area (Å²) >= 11 is 0. The summed E-state index contributed by atoms with van der Waals surface area (Å²) in [5.74, 6) is -0.0162. The molecule has 0 aliphatic heterocycles. The highest BCUT2D eigenvalue weighted by atomic mass is 16.3. The molecule has 0 radical (unpaired) electrons. The first-order chi connectivity index (χ1) is 9.65. The topological polar surface area (TPSA) is 61.4 Å². The van der Waals surface area contributed by atoms with E-state index >= 15 is 0 Å². The number of nitrogens with one attached hydrogen (secondary N) is 2. The summed E-state index contributed by atoms with van der Waals surface area (Å²) in [6, 6.07) is 10.1. The Bertz CT molecular complexity index is 381. The quantitative estimate of drug-likeness (QED) is 0.641. The van der Waals surface area contributed by atoms with E-state index in [1.54, 1.807) is 0 Å². The Labute approximate surface area is 121 Å². The van der Waals surface area contributed by atoms with Gasteiger partial charge in [0.15, 0.2) is 0 Å². The Kier molecular flexibility index (Phi) is 7.92.